The van der Waals surface area contributed by atoms with Crippen LogP contribution < -0.4 is 5.32 Å². The van der Waals surface area contributed by atoms with Crippen molar-refractivity contribution in [3.63, 3.8) is 0 Å². The Morgan fingerprint density at radius 1 is 1.31 bits per heavy atom. The molecular weight excluding hydrogens is 380 g/mol. The van der Waals surface area contributed by atoms with E-state index >= 15 is 0 Å². The summed E-state index contributed by atoms with van der Waals surface area (Å²) in [4.78, 5) is 19.1. The van der Waals surface area contributed by atoms with Gasteiger partial charge in [0.25, 0.3) is 0 Å². The Morgan fingerprint density at radius 3 is 2.77 bits per heavy atom. The van der Waals surface area contributed by atoms with Crippen LogP contribution in [0, 0.1) is 11.6 Å². The maximum absolute atomic E-state index is 13.6. The lowest BCUT2D eigenvalue weighted by molar-refractivity contribution is -0.116. The van der Waals surface area contributed by atoms with Gasteiger partial charge in [0, 0.05) is 31.3 Å². The molecule has 2 fully saturated rings. The van der Waals surface area contributed by atoms with Crippen molar-refractivity contribution in [3.05, 3.63) is 29.8 Å². The number of carbonyl (C=O) groups is 1. The SMILES string of the molecule is CN1C(=NC2CCCCC2)SCC1CC(=O)Nc1cc(F)ccc1F.Cl. The van der Waals surface area contributed by atoms with E-state index in [9.17, 15) is 13.6 Å². The van der Waals surface area contributed by atoms with Gasteiger partial charge in [-0.15, -0.1) is 12.4 Å². The van der Waals surface area contributed by atoms with E-state index in [-0.39, 0.29) is 36.5 Å². The highest BCUT2D eigenvalue weighted by Gasteiger charge is 2.30. The van der Waals surface area contributed by atoms with Gasteiger partial charge in [-0.25, -0.2) is 8.78 Å². The summed E-state index contributed by atoms with van der Waals surface area (Å²) in [5.41, 5.74) is -0.116. The molecule has 1 saturated heterocycles. The first-order valence-corrected chi connectivity index (χ1v) is 9.70. The predicted octanol–water partition coefficient (Wildman–Crippen LogP) is 4.45. The van der Waals surface area contributed by atoms with Gasteiger partial charge in [0.15, 0.2) is 5.17 Å². The quantitative estimate of drug-likeness (QED) is 0.807. The summed E-state index contributed by atoms with van der Waals surface area (Å²) < 4.78 is 26.8. The molecule has 2 aliphatic rings. The molecule has 0 bridgehead atoms. The van der Waals surface area contributed by atoms with Gasteiger partial charge in [-0.3, -0.25) is 9.79 Å². The molecule has 1 aromatic rings. The minimum atomic E-state index is -0.636. The van der Waals surface area contributed by atoms with Crippen LogP contribution in [0.15, 0.2) is 23.2 Å². The number of thioether (sulfide) groups is 1. The zero-order chi connectivity index (χ0) is 17.8. The Hall–Kier alpha value is -1.34. The van der Waals surface area contributed by atoms with E-state index in [0.29, 0.717) is 6.04 Å². The summed E-state index contributed by atoms with van der Waals surface area (Å²) in [7, 11) is 1.95. The van der Waals surface area contributed by atoms with E-state index in [1.807, 2.05) is 11.9 Å². The largest absolute Gasteiger partial charge is 0.350 e. The lowest BCUT2D eigenvalue weighted by Crippen LogP contribution is -2.34. The smallest absolute Gasteiger partial charge is 0.226 e. The number of halogens is 3. The van der Waals surface area contributed by atoms with Crippen molar-refractivity contribution >= 4 is 40.9 Å². The summed E-state index contributed by atoms with van der Waals surface area (Å²) in [5.74, 6) is -0.752. The van der Waals surface area contributed by atoms with Crippen LogP contribution in [0.3, 0.4) is 0 Å². The minimum absolute atomic E-state index is 0. The first kappa shape index (κ1) is 21.0. The Labute approximate surface area is 163 Å². The molecule has 0 radical (unpaired) electrons. The van der Waals surface area contributed by atoms with Crippen molar-refractivity contribution in [1.82, 2.24) is 4.90 Å². The molecule has 4 nitrogen and oxygen atoms in total. The van der Waals surface area contributed by atoms with Crippen LogP contribution in [0.4, 0.5) is 14.5 Å². The molecule has 1 unspecified atom stereocenters. The molecule has 1 N–H and O–H groups in total. The van der Waals surface area contributed by atoms with Gasteiger partial charge in [-0.2, -0.15) is 0 Å². The number of nitrogens with one attached hydrogen (secondary N) is 1. The molecule has 26 heavy (non-hydrogen) atoms. The second-order valence-electron chi connectivity index (χ2n) is 6.66. The number of nitrogens with zero attached hydrogens (tertiary/aromatic N) is 2. The summed E-state index contributed by atoms with van der Waals surface area (Å²) in [6.45, 7) is 0. The third-order valence-electron chi connectivity index (χ3n) is 4.75. The summed E-state index contributed by atoms with van der Waals surface area (Å²) in [5, 5.41) is 3.45. The van der Waals surface area contributed by atoms with Crippen molar-refractivity contribution in [2.45, 2.75) is 50.6 Å². The Balaban J connectivity index is 0.00000243. The molecule has 8 heteroatoms. The molecule has 1 amide bonds. The van der Waals surface area contributed by atoms with Crippen molar-refractivity contribution in [2.75, 3.05) is 18.1 Å². The average molecular weight is 404 g/mol. The molecule has 0 spiro atoms. The van der Waals surface area contributed by atoms with Gasteiger partial charge >= 0.3 is 0 Å². The average Bonchev–Trinajstić information content (AvgIpc) is 2.92. The highest BCUT2D eigenvalue weighted by Crippen LogP contribution is 2.28. The molecule has 1 saturated carbocycles. The zero-order valence-corrected chi connectivity index (χ0v) is 16.3. The van der Waals surface area contributed by atoms with Crippen molar-refractivity contribution in [2.24, 2.45) is 4.99 Å². The van der Waals surface area contributed by atoms with Crippen molar-refractivity contribution in [3.8, 4) is 0 Å². The number of rotatable bonds is 4. The second-order valence-corrected chi connectivity index (χ2v) is 7.64. The maximum atomic E-state index is 13.6. The fraction of sp³-hybridized carbons (Fsp3) is 0.556. The Kier molecular flexibility index (Phi) is 7.70. The van der Waals surface area contributed by atoms with Crippen LogP contribution >= 0.6 is 24.2 Å². The van der Waals surface area contributed by atoms with Crippen LogP contribution in [0.1, 0.15) is 38.5 Å². The third-order valence-corrected chi connectivity index (χ3v) is 5.95. The summed E-state index contributed by atoms with van der Waals surface area (Å²) >= 11 is 1.67. The number of anilines is 1. The first-order chi connectivity index (χ1) is 12.0. The highest BCUT2D eigenvalue weighted by atomic mass is 35.5. The lowest BCUT2D eigenvalue weighted by atomic mass is 9.96. The van der Waals surface area contributed by atoms with Crippen molar-refractivity contribution in [1.29, 1.82) is 0 Å². The number of hydrogen-bond acceptors (Lipinski definition) is 3. The monoisotopic (exact) mass is 403 g/mol. The van der Waals surface area contributed by atoms with Crippen LogP contribution in [0.2, 0.25) is 0 Å². The molecule has 1 heterocycles. The molecule has 1 aliphatic heterocycles. The number of amides is 1. The van der Waals surface area contributed by atoms with Crippen LogP contribution in [0.5, 0.6) is 0 Å². The van der Waals surface area contributed by atoms with Gasteiger partial charge in [0.1, 0.15) is 11.6 Å². The fourth-order valence-electron chi connectivity index (χ4n) is 3.24. The molecule has 0 aromatic heterocycles. The number of benzene rings is 1. The van der Waals surface area contributed by atoms with Crippen LogP contribution in [-0.4, -0.2) is 40.9 Å². The summed E-state index contributed by atoms with van der Waals surface area (Å²) in [6.07, 6.45) is 6.28. The van der Waals surface area contributed by atoms with E-state index in [0.717, 1.165) is 42.0 Å². The number of hydrogen-bond donors (Lipinski definition) is 1. The Bertz CT molecular complexity index is 668. The zero-order valence-electron chi connectivity index (χ0n) is 14.7. The van der Waals surface area contributed by atoms with Gasteiger partial charge in [0.2, 0.25) is 5.91 Å². The van der Waals surface area contributed by atoms with Gasteiger partial charge in [-0.05, 0) is 25.0 Å². The molecule has 144 valence electrons. The number of amidine groups is 1. The van der Waals surface area contributed by atoms with Crippen LogP contribution in [-0.2, 0) is 4.79 Å². The molecule has 3 rings (SSSR count). The van der Waals surface area contributed by atoms with E-state index in [2.05, 4.69) is 5.32 Å². The van der Waals surface area contributed by atoms with Gasteiger partial charge in [0.05, 0.1) is 11.7 Å². The second kappa shape index (κ2) is 9.55. The normalized spacial score (nSPS) is 22.3. The van der Waals surface area contributed by atoms with Crippen molar-refractivity contribution < 1.29 is 13.6 Å². The van der Waals surface area contributed by atoms with Gasteiger partial charge in [-0.1, -0.05) is 31.0 Å². The van der Waals surface area contributed by atoms with E-state index in [4.69, 9.17) is 4.99 Å². The third kappa shape index (κ3) is 5.33. The topological polar surface area (TPSA) is 44.7 Å². The first-order valence-electron chi connectivity index (χ1n) is 8.71. The van der Waals surface area contributed by atoms with E-state index in [1.54, 1.807) is 11.8 Å². The van der Waals surface area contributed by atoms with E-state index in [1.165, 1.54) is 19.3 Å². The van der Waals surface area contributed by atoms with Crippen LogP contribution in [0.25, 0.3) is 0 Å². The highest BCUT2D eigenvalue weighted by molar-refractivity contribution is 8.14. The molecule has 1 aromatic carbocycles. The molecule has 1 aliphatic carbocycles. The number of aliphatic imine (C=N–C) groups is 1. The lowest BCUT2D eigenvalue weighted by Gasteiger charge is -2.23. The minimum Gasteiger partial charge on any atom is -0.350 e. The number of carbonyl (C=O) groups excluding carboxylic acids is 1. The summed E-state index contributed by atoms with van der Waals surface area (Å²) in [6, 6.07) is 3.45. The van der Waals surface area contributed by atoms with E-state index < -0.39 is 11.6 Å². The Morgan fingerprint density at radius 2 is 2.04 bits per heavy atom. The molecule has 1 atom stereocenters. The maximum Gasteiger partial charge on any atom is 0.226 e. The predicted molar refractivity (Wildman–Crippen MR) is 105 cm³/mol. The fourth-order valence-corrected chi connectivity index (χ4v) is 4.50. The van der Waals surface area contributed by atoms with Gasteiger partial charge < -0.3 is 10.2 Å². The molecular formula is C18H24ClF2N3OS. The standard InChI is InChI=1S/C18H23F2N3OS.ClH/c1-23-14(11-25-18(23)21-13-5-3-2-4-6-13)10-17(24)22-16-9-12(19)7-8-15(16)20;/h7-9,13-14H,2-6,10-11H2,1H3,(H,22,24);1H.